The van der Waals surface area contributed by atoms with Crippen LogP contribution in [-0.4, -0.2) is 11.8 Å². The third kappa shape index (κ3) is 6.79. The molecule has 0 saturated carbocycles. The number of carbonyl (C=O) groups excluding carboxylic acids is 2. The van der Waals surface area contributed by atoms with Crippen LogP contribution in [0.15, 0.2) is 118 Å². The minimum Gasteiger partial charge on any atom is -0.488 e. The summed E-state index contributed by atoms with van der Waals surface area (Å²) in [4.78, 5) is 25.6. The summed E-state index contributed by atoms with van der Waals surface area (Å²) >= 11 is 0. The minimum absolute atomic E-state index is 0.229. The first kappa shape index (κ1) is 26.4. The summed E-state index contributed by atoms with van der Waals surface area (Å²) in [5, 5.41) is 5.70. The van der Waals surface area contributed by atoms with E-state index in [1.165, 1.54) is 0 Å². The zero-order chi connectivity index (χ0) is 27.6. The molecule has 5 rings (SSSR count). The summed E-state index contributed by atoms with van der Waals surface area (Å²) in [5.41, 5.74) is 2.65. The molecule has 2 heterocycles. The lowest BCUT2D eigenvalue weighted by Crippen LogP contribution is -2.23. The number of hydrogen-bond acceptors (Lipinski definition) is 6. The number of para-hydroxylation sites is 2. The van der Waals surface area contributed by atoms with Gasteiger partial charge < -0.3 is 28.9 Å². The van der Waals surface area contributed by atoms with Gasteiger partial charge in [0.05, 0.1) is 36.7 Å². The average molecular weight is 537 g/mol. The van der Waals surface area contributed by atoms with E-state index in [1.54, 1.807) is 73.2 Å². The van der Waals surface area contributed by atoms with Crippen molar-refractivity contribution in [2.24, 2.45) is 0 Å². The van der Waals surface area contributed by atoms with Crippen LogP contribution in [0.2, 0.25) is 0 Å². The van der Waals surface area contributed by atoms with E-state index in [0.29, 0.717) is 34.1 Å². The highest BCUT2D eigenvalue weighted by molar-refractivity contribution is 5.97. The van der Waals surface area contributed by atoms with Gasteiger partial charge in [-0.3, -0.25) is 9.59 Å². The van der Waals surface area contributed by atoms with Crippen molar-refractivity contribution in [3.63, 3.8) is 0 Å². The van der Waals surface area contributed by atoms with E-state index in [0.717, 1.165) is 11.1 Å². The summed E-state index contributed by atoms with van der Waals surface area (Å²) in [5.74, 6) is 1.74. The normalized spacial score (nSPS) is 10.6. The number of amides is 2. The summed E-state index contributed by atoms with van der Waals surface area (Å²) in [7, 11) is 0. The van der Waals surface area contributed by atoms with Crippen molar-refractivity contribution in [3.05, 3.63) is 143 Å². The fourth-order valence-electron chi connectivity index (χ4n) is 4.06. The molecule has 0 unspecified atom stereocenters. The van der Waals surface area contributed by atoms with Gasteiger partial charge in [-0.05, 0) is 59.7 Å². The van der Waals surface area contributed by atoms with Gasteiger partial charge in [0.25, 0.3) is 11.8 Å². The van der Waals surface area contributed by atoms with Gasteiger partial charge in [0.1, 0.15) is 36.2 Å². The van der Waals surface area contributed by atoms with E-state index in [-0.39, 0.29) is 38.1 Å². The largest absolute Gasteiger partial charge is 0.488 e. The molecular weight excluding hydrogens is 508 g/mol. The van der Waals surface area contributed by atoms with Gasteiger partial charge in [-0.1, -0.05) is 48.5 Å². The first-order valence-corrected chi connectivity index (χ1v) is 12.8. The molecule has 5 aromatic rings. The van der Waals surface area contributed by atoms with E-state index in [4.69, 9.17) is 18.3 Å². The van der Waals surface area contributed by atoms with Crippen LogP contribution in [0, 0.1) is 0 Å². The molecule has 0 aliphatic carbocycles. The van der Waals surface area contributed by atoms with Gasteiger partial charge in [0, 0.05) is 0 Å². The van der Waals surface area contributed by atoms with Crippen LogP contribution in [0.4, 0.5) is 0 Å². The number of ether oxygens (including phenoxy) is 2. The third-order valence-electron chi connectivity index (χ3n) is 6.15. The van der Waals surface area contributed by atoms with Crippen LogP contribution in [0.25, 0.3) is 0 Å². The van der Waals surface area contributed by atoms with E-state index in [1.807, 2.05) is 36.4 Å². The Hall–Kier alpha value is -5.24. The van der Waals surface area contributed by atoms with Crippen molar-refractivity contribution in [2.75, 3.05) is 0 Å². The fourth-order valence-corrected chi connectivity index (χ4v) is 4.06. The number of furan rings is 2. The lowest BCUT2D eigenvalue weighted by atomic mass is 10.1. The molecule has 0 fully saturated rings. The SMILES string of the molecule is O=C(NCc1ccco1)c1ccccc1OCc1ccccc1COc1ccccc1C(=O)NCc1ccco1. The quantitative estimate of drug-likeness (QED) is 0.206. The van der Waals surface area contributed by atoms with Crippen LogP contribution in [0.3, 0.4) is 0 Å². The second-order valence-corrected chi connectivity index (χ2v) is 8.86. The molecule has 0 saturated heterocycles. The molecule has 0 radical (unpaired) electrons. The topological polar surface area (TPSA) is 103 Å². The Morgan fingerprint density at radius 3 is 1.40 bits per heavy atom. The van der Waals surface area contributed by atoms with E-state index in [9.17, 15) is 9.59 Å². The maximum atomic E-state index is 12.8. The Morgan fingerprint density at radius 1 is 0.550 bits per heavy atom. The van der Waals surface area contributed by atoms with Gasteiger partial charge in [0.15, 0.2) is 0 Å². The number of nitrogens with one attached hydrogen (secondary N) is 2. The van der Waals surface area contributed by atoms with Gasteiger partial charge in [-0.2, -0.15) is 0 Å². The number of hydrogen-bond donors (Lipinski definition) is 2. The molecule has 40 heavy (non-hydrogen) atoms. The molecule has 8 heteroatoms. The molecule has 2 aromatic heterocycles. The van der Waals surface area contributed by atoms with Crippen LogP contribution in [0.5, 0.6) is 11.5 Å². The Morgan fingerprint density at radius 2 is 0.975 bits per heavy atom. The van der Waals surface area contributed by atoms with Crippen molar-refractivity contribution in [3.8, 4) is 11.5 Å². The molecule has 3 aromatic carbocycles. The Labute approximate surface area is 231 Å². The second kappa shape index (κ2) is 13.0. The number of benzene rings is 3. The van der Waals surface area contributed by atoms with Crippen molar-refractivity contribution >= 4 is 11.8 Å². The van der Waals surface area contributed by atoms with Gasteiger partial charge >= 0.3 is 0 Å². The number of carbonyl (C=O) groups is 2. The first-order valence-electron chi connectivity index (χ1n) is 12.8. The molecule has 0 aliphatic rings. The van der Waals surface area contributed by atoms with E-state index < -0.39 is 0 Å². The molecule has 0 atom stereocenters. The van der Waals surface area contributed by atoms with Crippen LogP contribution < -0.4 is 20.1 Å². The molecular formula is C32H28N2O6. The van der Waals surface area contributed by atoms with Crippen LogP contribution in [0.1, 0.15) is 43.4 Å². The molecule has 0 spiro atoms. The second-order valence-electron chi connectivity index (χ2n) is 8.86. The first-order chi connectivity index (χ1) is 19.7. The van der Waals surface area contributed by atoms with Gasteiger partial charge in [-0.15, -0.1) is 0 Å². The van der Waals surface area contributed by atoms with Crippen molar-refractivity contribution < 1.29 is 27.9 Å². The molecule has 202 valence electrons. The monoisotopic (exact) mass is 536 g/mol. The maximum absolute atomic E-state index is 12.8. The van der Waals surface area contributed by atoms with Gasteiger partial charge in [0.2, 0.25) is 0 Å². The molecule has 8 nitrogen and oxygen atoms in total. The van der Waals surface area contributed by atoms with Crippen LogP contribution in [-0.2, 0) is 26.3 Å². The highest BCUT2D eigenvalue weighted by Gasteiger charge is 2.15. The third-order valence-corrected chi connectivity index (χ3v) is 6.15. The zero-order valence-electron chi connectivity index (χ0n) is 21.7. The summed E-state index contributed by atoms with van der Waals surface area (Å²) < 4.78 is 22.8. The Balaban J connectivity index is 1.22. The standard InChI is InChI=1S/C32H28N2O6/c35-31(33-19-25-11-7-17-37-25)27-13-3-5-15-29(27)39-21-23-9-1-2-10-24(23)22-40-30-16-6-4-14-28(30)32(36)34-20-26-12-8-18-38-26/h1-18H,19-22H2,(H,33,35)(H,34,36). The summed E-state index contributed by atoms with van der Waals surface area (Å²) in [6, 6.07) is 29.1. The highest BCUT2D eigenvalue weighted by Crippen LogP contribution is 2.23. The highest BCUT2D eigenvalue weighted by atomic mass is 16.5. The summed E-state index contributed by atoms with van der Waals surface area (Å²) in [6.07, 6.45) is 3.13. The van der Waals surface area contributed by atoms with Crippen LogP contribution >= 0.6 is 0 Å². The molecule has 2 amide bonds. The minimum atomic E-state index is -0.259. The van der Waals surface area contributed by atoms with E-state index >= 15 is 0 Å². The lowest BCUT2D eigenvalue weighted by Gasteiger charge is -2.15. The summed E-state index contributed by atoms with van der Waals surface area (Å²) in [6.45, 7) is 1.02. The van der Waals surface area contributed by atoms with Crippen molar-refractivity contribution in [2.45, 2.75) is 26.3 Å². The maximum Gasteiger partial charge on any atom is 0.255 e. The molecule has 2 N–H and O–H groups in total. The van der Waals surface area contributed by atoms with Gasteiger partial charge in [-0.25, -0.2) is 0 Å². The Kier molecular flexibility index (Phi) is 8.58. The fraction of sp³-hybridized carbons (Fsp3) is 0.125. The van der Waals surface area contributed by atoms with Crippen molar-refractivity contribution in [1.82, 2.24) is 10.6 Å². The smallest absolute Gasteiger partial charge is 0.255 e. The predicted molar refractivity (Wildman–Crippen MR) is 148 cm³/mol. The molecule has 0 aliphatic heterocycles. The zero-order valence-corrected chi connectivity index (χ0v) is 21.7. The van der Waals surface area contributed by atoms with E-state index in [2.05, 4.69) is 10.6 Å². The van der Waals surface area contributed by atoms with Crippen molar-refractivity contribution in [1.29, 1.82) is 0 Å². The number of rotatable bonds is 12. The Bertz CT molecular complexity index is 1430. The predicted octanol–water partition coefficient (Wildman–Crippen LogP) is 5.89. The lowest BCUT2D eigenvalue weighted by molar-refractivity contribution is 0.0935. The average Bonchev–Trinajstić information content (AvgIpc) is 3.72. The molecule has 0 bridgehead atoms.